The number of ether oxygens (including phenoxy) is 1. The fraction of sp³-hybridized carbons (Fsp3) is 0.533. The molecule has 1 fully saturated rings. The molecule has 2 unspecified atom stereocenters. The largest absolute Gasteiger partial charge is 0.460 e. The fourth-order valence-electron chi connectivity index (χ4n) is 2.10. The Balaban J connectivity index is 1.96. The van der Waals surface area contributed by atoms with Crippen LogP contribution in [0.3, 0.4) is 0 Å². The van der Waals surface area contributed by atoms with Crippen LogP contribution in [0, 0.1) is 5.92 Å². The van der Waals surface area contributed by atoms with Gasteiger partial charge in [0, 0.05) is 12.7 Å². The number of hydrogen-bond donors (Lipinski definition) is 1. The van der Waals surface area contributed by atoms with Gasteiger partial charge in [0.2, 0.25) is 0 Å². The summed E-state index contributed by atoms with van der Waals surface area (Å²) in [4.78, 5) is 11.9. The van der Waals surface area contributed by atoms with E-state index in [1.807, 2.05) is 40.0 Å². The van der Waals surface area contributed by atoms with E-state index in [0.717, 1.165) is 12.1 Å². The summed E-state index contributed by atoms with van der Waals surface area (Å²) in [5.41, 5.74) is 1.93. The maximum atomic E-state index is 11.9. The van der Waals surface area contributed by atoms with Crippen LogP contribution in [-0.4, -0.2) is 18.6 Å². The van der Waals surface area contributed by atoms with Crippen LogP contribution < -0.4 is 5.32 Å². The summed E-state index contributed by atoms with van der Waals surface area (Å²) in [5.74, 6) is 0.320. The molecule has 0 aromatic heterocycles. The molecular weight excluding hydrogens is 226 g/mol. The minimum Gasteiger partial charge on any atom is -0.460 e. The van der Waals surface area contributed by atoms with E-state index < -0.39 is 0 Å². The van der Waals surface area contributed by atoms with Gasteiger partial charge in [0.05, 0.1) is 5.92 Å². The molecule has 1 aromatic carbocycles. The van der Waals surface area contributed by atoms with E-state index in [1.54, 1.807) is 0 Å². The highest BCUT2D eigenvalue weighted by Crippen LogP contribution is 2.48. The predicted octanol–water partition coefficient (Wildman–Crippen LogP) is 3.17. The lowest BCUT2D eigenvalue weighted by atomic mass is 10.1. The van der Waals surface area contributed by atoms with Gasteiger partial charge >= 0.3 is 5.97 Å². The van der Waals surface area contributed by atoms with Crippen molar-refractivity contribution in [1.29, 1.82) is 0 Å². The van der Waals surface area contributed by atoms with Crippen molar-refractivity contribution in [2.24, 2.45) is 5.92 Å². The lowest BCUT2D eigenvalue weighted by Gasteiger charge is -2.19. The number of hydrogen-bond acceptors (Lipinski definition) is 3. The molecule has 0 radical (unpaired) electrons. The number of benzene rings is 1. The molecule has 1 aromatic rings. The number of carbonyl (C=O) groups is 1. The van der Waals surface area contributed by atoms with Crippen LogP contribution in [0.2, 0.25) is 0 Å². The maximum Gasteiger partial charge on any atom is 0.310 e. The fourth-order valence-corrected chi connectivity index (χ4v) is 2.10. The summed E-state index contributed by atoms with van der Waals surface area (Å²) in [7, 11) is 1.90. The Kier molecular flexibility index (Phi) is 3.33. The van der Waals surface area contributed by atoms with Gasteiger partial charge in [-0.05, 0) is 50.8 Å². The van der Waals surface area contributed by atoms with Crippen LogP contribution in [-0.2, 0) is 9.53 Å². The Labute approximate surface area is 109 Å². The third-order valence-electron chi connectivity index (χ3n) is 3.13. The second kappa shape index (κ2) is 4.63. The predicted molar refractivity (Wildman–Crippen MR) is 72.7 cm³/mol. The van der Waals surface area contributed by atoms with Crippen molar-refractivity contribution in [1.82, 2.24) is 0 Å². The van der Waals surface area contributed by atoms with E-state index >= 15 is 0 Å². The first-order valence-corrected chi connectivity index (χ1v) is 6.41. The van der Waals surface area contributed by atoms with Crippen molar-refractivity contribution < 1.29 is 9.53 Å². The average molecular weight is 247 g/mol. The van der Waals surface area contributed by atoms with Crippen LogP contribution in [0.25, 0.3) is 0 Å². The molecule has 2 rings (SSSR count). The molecule has 0 saturated heterocycles. The van der Waals surface area contributed by atoms with Crippen LogP contribution in [0.15, 0.2) is 24.3 Å². The molecule has 18 heavy (non-hydrogen) atoms. The van der Waals surface area contributed by atoms with E-state index in [0.29, 0.717) is 5.92 Å². The minimum atomic E-state index is -0.389. The van der Waals surface area contributed by atoms with Gasteiger partial charge in [-0.15, -0.1) is 0 Å². The second-order valence-corrected chi connectivity index (χ2v) is 5.85. The molecule has 0 bridgehead atoms. The van der Waals surface area contributed by atoms with Crippen LogP contribution in [0.5, 0.6) is 0 Å². The first kappa shape index (κ1) is 12.9. The van der Waals surface area contributed by atoms with E-state index in [1.165, 1.54) is 5.56 Å². The van der Waals surface area contributed by atoms with Crippen molar-refractivity contribution in [3.8, 4) is 0 Å². The van der Waals surface area contributed by atoms with Gasteiger partial charge in [0.1, 0.15) is 5.60 Å². The molecule has 98 valence electrons. The molecule has 0 amide bonds. The van der Waals surface area contributed by atoms with Crippen LogP contribution in [0.1, 0.15) is 38.7 Å². The summed E-state index contributed by atoms with van der Waals surface area (Å²) in [6.45, 7) is 5.72. The molecule has 1 N–H and O–H groups in total. The minimum absolute atomic E-state index is 0.0460. The number of carbonyl (C=O) groups excluding carboxylic acids is 1. The van der Waals surface area contributed by atoms with Gasteiger partial charge in [0.15, 0.2) is 0 Å². The standard InChI is InChI=1S/C15H21NO2/c1-15(2,3)18-14(17)13-9-12(13)10-5-7-11(16-4)8-6-10/h5-8,12-13,16H,9H2,1-4H3. The summed E-state index contributed by atoms with van der Waals surface area (Å²) in [6.07, 6.45) is 0.911. The van der Waals surface area contributed by atoms with E-state index in [4.69, 9.17) is 4.74 Å². The molecule has 3 heteroatoms. The van der Waals surface area contributed by atoms with E-state index in [9.17, 15) is 4.79 Å². The normalized spacial score (nSPS) is 22.4. The van der Waals surface area contributed by atoms with Crippen LogP contribution in [0.4, 0.5) is 5.69 Å². The first-order valence-electron chi connectivity index (χ1n) is 6.41. The number of rotatable bonds is 3. The molecule has 3 nitrogen and oxygen atoms in total. The molecule has 0 heterocycles. The molecule has 1 saturated carbocycles. The zero-order valence-electron chi connectivity index (χ0n) is 11.5. The topological polar surface area (TPSA) is 38.3 Å². The van der Waals surface area contributed by atoms with E-state index in [-0.39, 0.29) is 17.5 Å². The Morgan fingerprint density at radius 1 is 1.28 bits per heavy atom. The summed E-state index contributed by atoms with van der Waals surface area (Å²) < 4.78 is 5.41. The third-order valence-corrected chi connectivity index (χ3v) is 3.13. The Bertz CT molecular complexity index is 431. The summed E-state index contributed by atoms with van der Waals surface area (Å²) in [6, 6.07) is 8.25. The van der Waals surface area contributed by atoms with Gasteiger partial charge in [0.25, 0.3) is 0 Å². The Hall–Kier alpha value is -1.51. The van der Waals surface area contributed by atoms with Gasteiger partial charge in [-0.1, -0.05) is 12.1 Å². The highest BCUT2D eigenvalue weighted by molar-refractivity contribution is 5.77. The number of anilines is 1. The number of esters is 1. The molecule has 0 aliphatic heterocycles. The molecule has 1 aliphatic rings. The van der Waals surface area contributed by atoms with Gasteiger partial charge < -0.3 is 10.1 Å². The maximum absolute atomic E-state index is 11.9. The van der Waals surface area contributed by atoms with Crippen molar-refractivity contribution in [2.75, 3.05) is 12.4 Å². The van der Waals surface area contributed by atoms with Crippen molar-refractivity contribution >= 4 is 11.7 Å². The molecular formula is C15H21NO2. The van der Waals surface area contributed by atoms with Crippen molar-refractivity contribution in [3.05, 3.63) is 29.8 Å². The Morgan fingerprint density at radius 2 is 1.89 bits per heavy atom. The van der Waals surface area contributed by atoms with Gasteiger partial charge in [-0.2, -0.15) is 0 Å². The highest BCUT2D eigenvalue weighted by atomic mass is 16.6. The van der Waals surface area contributed by atoms with Crippen LogP contribution >= 0.6 is 0 Å². The Morgan fingerprint density at radius 3 is 2.39 bits per heavy atom. The monoisotopic (exact) mass is 247 g/mol. The average Bonchev–Trinajstić information content (AvgIpc) is 3.07. The van der Waals surface area contributed by atoms with E-state index in [2.05, 4.69) is 17.4 Å². The van der Waals surface area contributed by atoms with Gasteiger partial charge in [-0.3, -0.25) is 4.79 Å². The SMILES string of the molecule is CNc1ccc(C2CC2C(=O)OC(C)(C)C)cc1. The summed E-state index contributed by atoms with van der Waals surface area (Å²) in [5, 5.41) is 3.09. The quantitative estimate of drug-likeness (QED) is 0.834. The molecule has 1 aliphatic carbocycles. The smallest absolute Gasteiger partial charge is 0.310 e. The molecule has 0 spiro atoms. The first-order chi connectivity index (χ1) is 8.40. The lowest BCUT2D eigenvalue weighted by Crippen LogP contribution is -2.25. The third kappa shape index (κ3) is 3.03. The lowest BCUT2D eigenvalue weighted by molar-refractivity contribution is -0.156. The zero-order chi connectivity index (χ0) is 13.3. The second-order valence-electron chi connectivity index (χ2n) is 5.85. The van der Waals surface area contributed by atoms with Crippen molar-refractivity contribution in [3.63, 3.8) is 0 Å². The van der Waals surface area contributed by atoms with Crippen molar-refractivity contribution in [2.45, 2.75) is 38.7 Å². The zero-order valence-corrected chi connectivity index (χ0v) is 11.5. The summed E-state index contributed by atoms with van der Waals surface area (Å²) >= 11 is 0. The van der Waals surface area contributed by atoms with Gasteiger partial charge in [-0.25, -0.2) is 0 Å². The number of nitrogens with one attached hydrogen (secondary N) is 1. The highest BCUT2D eigenvalue weighted by Gasteiger charge is 2.46. The molecule has 2 atom stereocenters.